The summed E-state index contributed by atoms with van der Waals surface area (Å²) in [7, 11) is 1.05. The number of amides is 5. The zero-order valence-corrected chi connectivity index (χ0v) is 28.6. The second-order valence-corrected chi connectivity index (χ2v) is 12.5. The van der Waals surface area contributed by atoms with Crippen molar-refractivity contribution in [2.24, 2.45) is 0 Å². The Bertz CT molecular complexity index is 1770. The van der Waals surface area contributed by atoms with Crippen LogP contribution in [-0.4, -0.2) is 96.5 Å². The smallest absolute Gasteiger partial charge is 0.338 e. The van der Waals surface area contributed by atoms with Gasteiger partial charge in [-0.1, -0.05) is 24.3 Å². The lowest BCUT2D eigenvalue weighted by atomic mass is 9.83. The molecular weight excluding hydrogens is 654 g/mol. The summed E-state index contributed by atoms with van der Waals surface area (Å²) in [5.74, 6) is -6.22. The van der Waals surface area contributed by atoms with Crippen LogP contribution in [0.4, 0.5) is 0 Å². The monoisotopic (exact) mass is 693 g/mol. The van der Waals surface area contributed by atoms with Gasteiger partial charge in [0.25, 0.3) is 0 Å². The molecule has 1 aliphatic carbocycles. The van der Waals surface area contributed by atoms with E-state index in [0.29, 0.717) is 0 Å². The number of hydrogen-bond acceptors (Lipinski definition) is 11. The van der Waals surface area contributed by atoms with Crippen LogP contribution in [0.25, 0.3) is 0 Å². The largest absolute Gasteiger partial charge is 0.467 e. The van der Waals surface area contributed by atoms with Gasteiger partial charge in [0.2, 0.25) is 29.5 Å². The van der Waals surface area contributed by atoms with Crippen molar-refractivity contribution >= 4 is 53.0 Å². The lowest BCUT2D eigenvalue weighted by molar-refractivity contribution is -0.146. The molecule has 0 aromatic heterocycles. The standard InChI is InChI=1S/C34H39N5O11/c1-17(36-31(47)33(3,4)39-32(48)34(5,6)38-25(41)15-35-18(2)40)28(44)37-24(30(46)49-7)16-50-29(45)19-12-13-22-23(14-19)27(43)21-11-9-8-10-20(21)26(22)42/h8-14,17,24H,15-16H2,1-7H3,(H,35,40)(H,36,47)(H,37,44)(H,38,41)(H,39,48)/t17-,24-/m0/s1. The number of rotatable bonds is 13. The summed E-state index contributed by atoms with van der Waals surface area (Å²) >= 11 is 0. The number of esters is 2. The normalized spacial score (nSPS) is 13.3. The van der Waals surface area contributed by atoms with E-state index >= 15 is 0 Å². The third kappa shape index (κ3) is 9.15. The van der Waals surface area contributed by atoms with E-state index in [4.69, 9.17) is 9.47 Å². The average molecular weight is 694 g/mol. The molecule has 0 unspecified atom stereocenters. The van der Waals surface area contributed by atoms with E-state index in [2.05, 4.69) is 26.6 Å². The van der Waals surface area contributed by atoms with Crippen molar-refractivity contribution in [3.63, 3.8) is 0 Å². The molecule has 16 heteroatoms. The summed E-state index contributed by atoms with van der Waals surface area (Å²) in [6.45, 7) is 6.99. The number of carbonyl (C=O) groups excluding carboxylic acids is 9. The first kappa shape index (κ1) is 38.5. The van der Waals surface area contributed by atoms with Crippen molar-refractivity contribution in [2.75, 3.05) is 20.3 Å². The quantitative estimate of drug-likeness (QED) is 0.146. The van der Waals surface area contributed by atoms with Crippen LogP contribution in [0.2, 0.25) is 0 Å². The van der Waals surface area contributed by atoms with Crippen molar-refractivity contribution in [3.05, 3.63) is 70.3 Å². The molecule has 2 aromatic rings. The molecule has 1 aliphatic rings. The molecule has 266 valence electrons. The fourth-order valence-electron chi connectivity index (χ4n) is 4.67. The van der Waals surface area contributed by atoms with E-state index < -0.39 is 77.0 Å². The van der Waals surface area contributed by atoms with Crippen LogP contribution in [-0.2, 0) is 38.2 Å². The Morgan fingerprint density at radius 3 is 1.90 bits per heavy atom. The van der Waals surface area contributed by atoms with Gasteiger partial charge in [-0.2, -0.15) is 0 Å². The number of nitrogens with one attached hydrogen (secondary N) is 5. The van der Waals surface area contributed by atoms with Crippen LogP contribution in [0.3, 0.4) is 0 Å². The topological polar surface area (TPSA) is 232 Å². The maximum absolute atomic E-state index is 13.1. The minimum absolute atomic E-state index is 0.0138. The summed E-state index contributed by atoms with van der Waals surface area (Å²) in [6, 6.07) is 7.39. The van der Waals surface area contributed by atoms with Crippen LogP contribution in [0.15, 0.2) is 42.5 Å². The molecule has 2 atom stereocenters. The number of carbonyl (C=O) groups is 9. The van der Waals surface area contributed by atoms with Crippen LogP contribution >= 0.6 is 0 Å². The van der Waals surface area contributed by atoms with Crippen LogP contribution in [0, 0.1) is 0 Å². The molecule has 0 radical (unpaired) electrons. The molecule has 2 aromatic carbocycles. The zero-order chi connectivity index (χ0) is 37.6. The highest BCUT2D eigenvalue weighted by atomic mass is 16.5. The summed E-state index contributed by atoms with van der Waals surface area (Å²) in [6.07, 6.45) is 0. The second-order valence-electron chi connectivity index (χ2n) is 12.5. The number of fused-ring (bicyclic) bond motifs is 2. The summed E-state index contributed by atoms with van der Waals surface area (Å²) in [5, 5.41) is 12.0. The summed E-state index contributed by atoms with van der Waals surface area (Å²) in [4.78, 5) is 113. The first-order chi connectivity index (χ1) is 23.3. The maximum Gasteiger partial charge on any atom is 0.338 e. The van der Waals surface area contributed by atoms with Gasteiger partial charge >= 0.3 is 11.9 Å². The predicted octanol–water partition coefficient (Wildman–Crippen LogP) is -0.293. The van der Waals surface area contributed by atoms with Gasteiger partial charge in [-0.15, -0.1) is 0 Å². The zero-order valence-electron chi connectivity index (χ0n) is 28.6. The molecular formula is C34H39N5O11. The predicted molar refractivity (Wildman–Crippen MR) is 175 cm³/mol. The number of hydrogen-bond donors (Lipinski definition) is 5. The second kappa shape index (κ2) is 15.5. The molecule has 0 heterocycles. The third-order valence-corrected chi connectivity index (χ3v) is 7.60. The SMILES string of the molecule is COC(=O)[C@H](COC(=O)c1ccc2c(c1)C(=O)c1ccccc1C2=O)NC(=O)[C@H](C)NC(=O)C(C)(C)NC(=O)C(C)(C)NC(=O)CNC(C)=O. The number of methoxy groups -OCH3 is 1. The van der Waals surface area contributed by atoms with Crippen molar-refractivity contribution in [2.45, 2.75) is 64.7 Å². The Labute approximate surface area is 287 Å². The maximum atomic E-state index is 13.1. The number of benzene rings is 2. The van der Waals surface area contributed by atoms with Gasteiger partial charge in [-0.3, -0.25) is 33.6 Å². The molecule has 0 bridgehead atoms. The Balaban J connectivity index is 1.61. The molecule has 16 nitrogen and oxygen atoms in total. The van der Waals surface area contributed by atoms with Gasteiger partial charge in [0.05, 0.1) is 19.2 Å². The average Bonchev–Trinajstić information content (AvgIpc) is 3.06. The third-order valence-electron chi connectivity index (χ3n) is 7.60. The molecule has 5 N–H and O–H groups in total. The van der Waals surface area contributed by atoms with Gasteiger partial charge < -0.3 is 36.1 Å². The Kier molecular flexibility index (Phi) is 12.0. The van der Waals surface area contributed by atoms with E-state index in [1.807, 2.05) is 0 Å². The van der Waals surface area contributed by atoms with E-state index in [0.717, 1.165) is 7.11 Å². The molecule has 3 rings (SSSR count). The first-order valence-electron chi connectivity index (χ1n) is 15.4. The number of ketones is 2. The lowest BCUT2D eigenvalue weighted by Crippen LogP contribution is -2.64. The van der Waals surface area contributed by atoms with Gasteiger partial charge in [0.15, 0.2) is 17.6 Å². The minimum atomic E-state index is -1.59. The molecule has 50 heavy (non-hydrogen) atoms. The molecule has 0 saturated carbocycles. The van der Waals surface area contributed by atoms with Crippen LogP contribution in [0.1, 0.15) is 83.7 Å². The molecule has 5 amide bonds. The highest BCUT2D eigenvalue weighted by Crippen LogP contribution is 2.28. The van der Waals surface area contributed by atoms with Crippen molar-refractivity contribution in [1.82, 2.24) is 26.6 Å². The first-order valence-corrected chi connectivity index (χ1v) is 15.4. The molecule has 0 spiro atoms. The fraction of sp³-hybridized carbons (Fsp3) is 0.382. The van der Waals surface area contributed by atoms with Crippen LogP contribution in [0.5, 0.6) is 0 Å². The van der Waals surface area contributed by atoms with E-state index in [9.17, 15) is 43.2 Å². The van der Waals surface area contributed by atoms with E-state index in [-0.39, 0.29) is 40.1 Å². The molecule has 0 aliphatic heterocycles. The Hall–Kier alpha value is -5.93. The highest BCUT2D eigenvalue weighted by Gasteiger charge is 2.38. The summed E-state index contributed by atoms with van der Waals surface area (Å²) < 4.78 is 9.96. The number of ether oxygens (including phenoxy) is 2. The van der Waals surface area contributed by atoms with Crippen molar-refractivity contribution in [1.29, 1.82) is 0 Å². The molecule has 0 fully saturated rings. The van der Waals surface area contributed by atoms with E-state index in [1.165, 1.54) is 71.9 Å². The van der Waals surface area contributed by atoms with Crippen molar-refractivity contribution < 1.29 is 52.6 Å². The van der Waals surface area contributed by atoms with Gasteiger partial charge in [0.1, 0.15) is 23.7 Å². The minimum Gasteiger partial charge on any atom is -0.467 e. The van der Waals surface area contributed by atoms with Gasteiger partial charge in [-0.25, -0.2) is 9.59 Å². The Morgan fingerprint density at radius 1 is 0.760 bits per heavy atom. The molecule has 0 saturated heterocycles. The van der Waals surface area contributed by atoms with Gasteiger partial charge in [-0.05, 0) is 52.8 Å². The van der Waals surface area contributed by atoms with Crippen molar-refractivity contribution in [3.8, 4) is 0 Å². The lowest BCUT2D eigenvalue weighted by Gasteiger charge is -2.32. The van der Waals surface area contributed by atoms with E-state index in [1.54, 1.807) is 12.1 Å². The van der Waals surface area contributed by atoms with Gasteiger partial charge in [0, 0.05) is 29.2 Å². The van der Waals surface area contributed by atoms with Crippen LogP contribution < -0.4 is 26.6 Å². The Morgan fingerprint density at radius 2 is 1.32 bits per heavy atom. The highest BCUT2D eigenvalue weighted by molar-refractivity contribution is 6.28. The summed E-state index contributed by atoms with van der Waals surface area (Å²) in [5.41, 5.74) is -2.58. The fourth-order valence-corrected chi connectivity index (χ4v) is 4.67.